The second kappa shape index (κ2) is 6.41. The molecule has 1 atom stereocenters. The molecule has 0 aliphatic rings. The van der Waals surface area contributed by atoms with Gasteiger partial charge in [-0.2, -0.15) is 0 Å². The topological polar surface area (TPSA) is 119 Å². The fraction of sp³-hybridized carbons (Fsp3) is 0.375. The third-order valence-electron chi connectivity index (χ3n) is 1.46. The molecule has 0 aromatic rings. The predicted molar refractivity (Wildman–Crippen MR) is 49.7 cm³/mol. The van der Waals surface area contributed by atoms with E-state index in [9.17, 15) is 14.4 Å². The summed E-state index contributed by atoms with van der Waals surface area (Å²) in [5.74, 6) is -1.91. The molecule has 0 aliphatic heterocycles. The van der Waals surface area contributed by atoms with Crippen molar-refractivity contribution in [3.63, 3.8) is 0 Å². The predicted octanol–water partition coefficient (Wildman–Crippen LogP) is -0.425. The molecule has 0 aliphatic carbocycles. The Morgan fingerprint density at radius 2 is 2.13 bits per heavy atom. The molecule has 0 radical (unpaired) electrons. The minimum absolute atomic E-state index is 0.0864. The highest BCUT2D eigenvalue weighted by Gasteiger charge is 2.20. The summed E-state index contributed by atoms with van der Waals surface area (Å²) in [6, 6.07) is -1.20. The van der Waals surface area contributed by atoms with Crippen molar-refractivity contribution < 1.29 is 24.2 Å². The van der Waals surface area contributed by atoms with Crippen LogP contribution in [0.15, 0.2) is 12.8 Å². The first-order valence-electron chi connectivity index (χ1n) is 4.06. The normalized spacial score (nSPS) is 11.2. The van der Waals surface area contributed by atoms with E-state index in [-0.39, 0.29) is 12.8 Å². The number of carbonyl (C=O) groups is 3. The van der Waals surface area contributed by atoms with Gasteiger partial charge < -0.3 is 20.9 Å². The van der Waals surface area contributed by atoms with E-state index < -0.39 is 24.0 Å². The van der Waals surface area contributed by atoms with Gasteiger partial charge in [0.25, 0.3) is 0 Å². The van der Waals surface area contributed by atoms with Gasteiger partial charge in [0, 0.05) is 6.42 Å². The van der Waals surface area contributed by atoms with Crippen LogP contribution in [0.4, 0.5) is 4.79 Å². The average Bonchev–Trinajstić information content (AvgIpc) is 2.11. The number of rotatable bonds is 6. The van der Waals surface area contributed by atoms with E-state index in [4.69, 9.17) is 10.8 Å². The number of carboxylic acid groups (broad SMARTS) is 1. The summed E-state index contributed by atoms with van der Waals surface area (Å²) in [6.07, 6.45) is -0.299. The van der Waals surface area contributed by atoms with Gasteiger partial charge in [-0.05, 0) is 6.42 Å². The maximum Gasteiger partial charge on any atom is 0.412 e. The summed E-state index contributed by atoms with van der Waals surface area (Å²) in [7, 11) is 0. The van der Waals surface area contributed by atoms with Crippen molar-refractivity contribution in [3.05, 3.63) is 12.8 Å². The maximum atomic E-state index is 10.8. The van der Waals surface area contributed by atoms with Gasteiger partial charge in [0.2, 0.25) is 5.91 Å². The van der Waals surface area contributed by atoms with Gasteiger partial charge >= 0.3 is 12.1 Å². The van der Waals surface area contributed by atoms with Crippen LogP contribution in [0.3, 0.4) is 0 Å². The van der Waals surface area contributed by atoms with E-state index in [1.807, 2.05) is 5.32 Å². The smallest absolute Gasteiger partial charge is 0.412 e. The number of primary amides is 1. The number of carboxylic acids is 1. The molecule has 0 bridgehead atoms. The zero-order valence-corrected chi connectivity index (χ0v) is 7.93. The lowest BCUT2D eigenvalue weighted by Crippen LogP contribution is -2.41. The van der Waals surface area contributed by atoms with Gasteiger partial charge in [0.05, 0.1) is 6.26 Å². The fourth-order valence-corrected chi connectivity index (χ4v) is 0.796. The molecular formula is C8H12N2O5. The summed E-state index contributed by atoms with van der Waals surface area (Å²) < 4.78 is 4.26. The number of hydrogen-bond acceptors (Lipinski definition) is 4. The van der Waals surface area contributed by atoms with Crippen LogP contribution < -0.4 is 11.1 Å². The highest BCUT2D eigenvalue weighted by atomic mass is 16.5. The van der Waals surface area contributed by atoms with Crippen LogP contribution in [0.2, 0.25) is 0 Å². The number of aliphatic carboxylic acids is 1. The van der Waals surface area contributed by atoms with Crippen LogP contribution in [-0.4, -0.2) is 29.1 Å². The second-order valence-electron chi connectivity index (χ2n) is 2.61. The quantitative estimate of drug-likeness (QED) is 0.521. The van der Waals surface area contributed by atoms with E-state index in [0.717, 1.165) is 6.26 Å². The Hall–Kier alpha value is -2.05. The average molecular weight is 216 g/mol. The van der Waals surface area contributed by atoms with Crippen LogP contribution in [0, 0.1) is 0 Å². The molecule has 4 N–H and O–H groups in total. The third kappa shape index (κ3) is 6.08. The molecule has 0 rings (SSSR count). The summed E-state index contributed by atoms with van der Waals surface area (Å²) >= 11 is 0. The Bertz CT molecular complexity index is 276. The van der Waals surface area contributed by atoms with Gasteiger partial charge in [0.15, 0.2) is 0 Å². The Labute approximate surface area is 85.9 Å². The molecule has 0 saturated carbocycles. The summed E-state index contributed by atoms with van der Waals surface area (Å²) in [5, 5.41) is 10.7. The number of carbonyl (C=O) groups excluding carboxylic acids is 2. The lowest BCUT2D eigenvalue weighted by atomic mass is 10.1. The van der Waals surface area contributed by atoms with E-state index >= 15 is 0 Å². The standard InChI is InChI=1S/C8H12N2O5/c1-2-15-8(14)10-5(7(12)13)3-4-6(9)11/h2,5H,1,3-4H2,(H2,9,11)(H,10,14)(H,12,13)/t5-/m0/s1. The molecule has 2 amide bonds. The molecule has 0 fully saturated rings. The number of hydrogen-bond donors (Lipinski definition) is 3. The number of nitrogens with two attached hydrogens (primary N) is 1. The van der Waals surface area contributed by atoms with Crippen LogP contribution >= 0.6 is 0 Å². The van der Waals surface area contributed by atoms with Gasteiger partial charge in [0.1, 0.15) is 6.04 Å². The zero-order chi connectivity index (χ0) is 11.8. The number of nitrogens with one attached hydrogen (secondary N) is 1. The van der Waals surface area contributed by atoms with E-state index in [1.54, 1.807) is 0 Å². The second-order valence-corrected chi connectivity index (χ2v) is 2.61. The first-order chi connectivity index (χ1) is 6.97. The monoisotopic (exact) mass is 216 g/mol. The zero-order valence-electron chi connectivity index (χ0n) is 7.93. The lowest BCUT2D eigenvalue weighted by molar-refractivity contribution is -0.139. The fourth-order valence-electron chi connectivity index (χ4n) is 0.796. The molecule has 0 spiro atoms. The van der Waals surface area contributed by atoms with Crippen LogP contribution in [0.5, 0.6) is 0 Å². The first-order valence-corrected chi connectivity index (χ1v) is 4.06. The number of ether oxygens (including phenoxy) is 1. The lowest BCUT2D eigenvalue weighted by Gasteiger charge is -2.12. The summed E-state index contributed by atoms with van der Waals surface area (Å²) in [4.78, 5) is 31.8. The van der Waals surface area contributed by atoms with E-state index in [1.165, 1.54) is 0 Å². The summed E-state index contributed by atoms with van der Waals surface area (Å²) in [5.41, 5.74) is 4.84. The molecule has 0 aromatic heterocycles. The molecule has 0 saturated heterocycles. The Morgan fingerprint density at radius 1 is 1.53 bits per heavy atom. The maximum absolute atomic E-state index is 10.8. The van der Waals surface area contributed by atoms with Gasteiger partial charge in [-0.1, -0.05) is 6.58 Å². The number of amides is 2. The molecule has 15 heavy (non-hydrogen) atoms. The van der Waals surface area contributed by atoms with Crippen LogP contribution in [0.25, 0.3) is 0 Å². The van der Waals surface area contributed by atoms with E-state index in [2.05, 4.69) is 11.3 Å². The van der Waals surface area contributed by atoms with Crippen LogP contribution in [-0.2, 0) is 14.3 Å². The Kier molecular flexibility index (Phi) is 5.53. The third-order valence-corrected chi connectivity index (χ3v) is 1.46. The molecule has 0 aromatic carbocycles. The largest absolute Gasteiger partial charge is 0.480 e. The van der Waals surface area contributed by atoms with Crippen molar-refractivity contribution in [2.75, 3.05) is 0 Å². The summed E-state index contributed by atoms with van der Waals surface area (Å²) in [6.45, 7) is 3.12. The SMILES string of the molecule is C=COC(=O)N[C@@H](CCC(N)=O)C(=O)O. The van der Waals surface area contributed by atoms with Crippen molar-refractivity contribution in [1.29, 1.82) is 0 Å². The highest BCUT2D eigenvalue weighted by molar-refractivity contribution is 5.81. The van der Waals surface area contributed by atoms with Crippen molar-refractivity contribution in [3.8, 4) is 0 Å². The minimum Gasteiger partial charge on any atom is -0.480 e. The van der Waals surface area contributed by atoms with Crippen LogP contribution in [0.1, 0.15) is 12.8 Å². The van der Waals surface area contributed by atoms with Crippen molar-refractivity contribution in [2.45, 2.75) is 18.9 Å². The van der Waals surface area contributed by atoms with Gasteiger partial charge in [-0.25, -0.2) is 9.59 Å². The van der Waals surface area contributed by atoms with Crippen molar-refractivity contribution >= 4 is 18.0 Å². The molecular weight excluding hydrogens is 204 g/mol. The minimum atomic E-state index is -1.27. The van der Waals surface area contributed by atoms with Crippen molar-refractivity contribution in [1.82, 2.24) is 5.32 Å². The van der Waals surface area contributed by atoms with E-state index in [0.29, 0.717) is 0 Å². The molecule has 7 nitrogen and oxygen atoms in total. The Morgan fingerprint density at radius 3 is 2.53 bits per heavy atom. The van der Waals surface area contributed by atoms with Crippen molar-refractivity contribution in [2.24, 2.45) is 5.73 Å². The van der Waals surface area contributed by atoms with Gasteiger partial charge in [-0.3, -0.25) is 4.79 Å². The first kappa shape index (κ1) is 12.9. The number of alkyl carbamates (subject to hydrolysis) is 1. The molecule has 0 unspecified atom stereocenters. The Balaban J connectivity index is 4.15. The molecule has 84 valence electrons. The van der Waals surface area contributed by atoms with Gasteiger partial charge in [-0.15, -0.1) is 0 Å². The molecule has 0 heterocycles. The highest BCUT2D eigenvalue weighted by Crippen LogP contribution is 1.98. The molecule has 7 heteroatoms.